The number of alkyl halides is 4. The van der Waals surface area contributed by atoms with Gasteiger partial charge in [-0.3, -0.25) is 0 Å². The number of ether oxygens (including phenoxy) is 1. The lowest BCUT2D eigenvalue weighted by atomic mass is 10.2. The van der Waals surface area contributed by atoms with E-state index in [4.69, 9.17) is 16.3 Å². The number of benzene rings is 1. The second-order valence-electron chi connectivity index (χ2n) is 5.31. The molecule has 0 bridgehead atoms. The molecule has 21 heavy (non-hydrogen) atoms. The zero-order valence-corrected chi connectivity index (χ0v) is 12.3. The Kier molecular flexibility index (Phi) is 3.13. The van der Waals surface area contributed by atoms with E-state index >= 15 is 0 Å². The summed E-state index contributed by atoms with van der Waals surface area (Å²) in [6.45, 7) is 1.63. The molecule has 3 rings (SSSR count). The highest BCUT2D eigenvalue weighted by Crippen LogP contribution is 2.57. The summed E-state index contributed by atoms with van der Waals surface area (Å²) in [5.41, 5.74) is -0.963. The lowest BCUT2D eigenvalue weighted by Gasteiger charge is -2.24. The monoisotopic (exact) mass is 318 g/mol. The van der Waals surface area contributed by atoms with Crippen LogP contribution in [0.3, 0.4) is 0 Å². The topological polar surface area (TPSA) is 27.1 Å². The molecule has 0 amide bonds. The van der Waals surface area contributed by atoms with Gasteiger partial charge < -0.3 is 9.30 Å². The number of hydrogen-bond acceptors (Lipinski definition) is 2. The second kappa shape index (κ2) is 4.53. The molecular weight excluding hydrogens is 305 g/mol. The van der Waals surface area contributed by atoms with Crippen LogP contribution < -0.4 is 4.74 Å². The summed E-state index contributed by atoms with van der Waals surface area (Å²) >= 11 is 6.06. The first kappa shape index (κ1) is 14.5. The summed E-state index contributed by atoms with van der Waals surface area (Å²) in [7, 11) is 1.50. The molecule has 1 unspecified atom stereocenters. The number of rotatable bonds is 3. The Bertz CT molecular complexity index is 689. The molecule has 1 aliphatic carbocycles. The van der Waals surface area contributed by atoms with E-state index in [2.05, 4.69) is 4.98 Å². The number of hydrogen-bond donors (Lipinski definition) is 0. The third-order valence-electron chi connectivity index (χ3n) is 3.92. The average Bonchev–Trinajstić information content (AvgIpc) is 3.13. The predicted octanol–water partition coefficient (Wildman–Crippen LogP) is 4.40. The van der Waals surface area contributed by atoms with Crippen molar-refractivity contribution in [1.82, 2.24) is 9.55 Å². The molecule has 0 N–H and O–H groups in total. The molecule has 0 radical (unpaired) electrons. The lowest BCUT2D eigenvalue weighted by Crippen LogP contribution is -2.36. The van der Waals surface area contributed by atoms with E-state index < -0.39 is 17.1 Å². The minimum atomic E-state index is -4.32. The van der Waals surface area contributed by atoms with Crippen molar-refractivity contribution in [2.24, 2.45) is 0 Å². The predicted molar refractivity (Wildman–Crippen MR) is 73.8 cm³/mol. The first-order valence-electron chi connectivity index (χ1n) is 6.58. The summed E-state index contributed by atoms with van der Waals surface area (Å²) in [6, 6.07) is 4.87. The first-order chi connectivity index (χ1) is 9.80. The number of fused-ring (bicyclic) bond motifs is 1. The molecule has 1 aromatic carbocycles. The Labute approximate surface area is 124 Å². The molecule has 7 heteroatoms. The van der Waals surface area contributed by atoms with E-state index in [1.54, 1.807) is 25.1 Å². The van der Waals surface area contributed by atoms with Crippen molar-refractivity contribution in [3.8, 4) is 5.75 Å². The van der Waals surface area contributed by atoms with Crippen molar-refractivity contribution >= 4 is 22.6 Å². The Morgan fingerprint density at radius 1 is 1.38 bits per heavy atom. The number of aromatic nitrogens is 2. The van der Waals surface area contributed by atoms with Gasteiger partial charge in [-0.1, -0.05) is 0 Å². The maximum Gasteiger partial charge on any atom is 0.412 e. The highest BCUT2D eigenvalue weighted by molar-refractivity contribution is 6.20. The molecule has 1 atom stereocenters. The van der Waals surface area contributed by atoms with Gasteiger partial charge in [0.25, 0.3) is 0 Å². The van der Waals surface area contributed by atoms with Crippen molar-refractivity contribution in [1.29, 1.82) is 0 Å². The third-order valence-corrected chi connectivity index (χ3v) is 4.12. The van der Waals surface area contributed by atoms with Crippen LogP contribution in [0.1, 0.15) is 31.0 Å². The Morgan fingerprint density at radius 3 is 2.52 bits per heavy atom. The van der Waals surface area contributed by atoms with Crippen molar-refractivity contribution in [2.75, 3.05) is 7.11 Å². The summed E-state index contributed by atoms with van der Waals surface area (Å²) in [6.07, 6.45) is -4.20. The number of halogens is 4. The zero-order chi connectivity index (χ0) is 15.4. The molecule has 0 spiro atoms. The van der Waals surface area contributed by atoms with E-state index in [1.165, 1.54) is 11.7 Å². The summed E-state index contributed by atoms with van der Waals surface area (Å²) in [5, 5.41) is -0.608. The maximum atomic E-state index is 13.5. The summed E-state index contributed by atoms with van der Waals surface area (Å²) in [5.74, 6) is 0.799. The fraction of sp³-hybridized carbons (Fsp3) is 0.500. The zero-order valence-electron chi connectivity index (χ0n) is 11.5. The molecule has 3 nitrogen and oxygen atoms in total. The number of methoxy groups -OCH3 is 1. The van der Waals surface area contributed by atoms with Gasteiger partial charge in [-0.15, -0.1) is 11.6 Å². The normalized spacial score (nSPS) is 18.8. The molecule has 1 aromatic heterocycles. The highest BCUT2D eigenvalue weighted by Gasteiger charge is 2.66. The van der Waals surface area contributed by atoms with E-state index in [0.717, 1.165) is 0 Å². The van der Waals surface area contributed by atoms with Gasteiger partial charge >= 0.3 is 6.18 Å². The van der Waals surface area contributed by atoms with Gasteiger partial charge in [0.2, 0.25) is 0 Å². The molecule has 1 heterocycles. The fourth-order valence-corrected chi connectivity index (χ4v) is 2.82. The first-order valence-corrected chi connectivity index (χ1v) is 7.01. The van der Waals surface area contributed by atoms with E-state index in [9.17, 15) is 13.2 Å². The van der Waals surface area contributed by atoms with Gasteiger partial charge in [0.05, 0.1) is 23.5 Å². The molecule has 0 aliphatic heterocycles. The van der Waals surface area contributed by atoms with Gasteiger partial charge in [0, 0.05) is 6.07 Å². The lowest BCUT2D eigenvalue weighted by molar-refractivity contribution is -0.179. The van der Waals surface area contributed by atoms with Crippen LogP contribution in [0.5, 0.6) is 5.75 Å². The smallest absolute Gasteiger partial charge is 0.412 e. The van der Waals surface area contributed by atoms with E-state index in [0.29, 0.717) is 16.8 Å². The largest absolute Gasteiger partial charge is 0.497 e. The maximum absolute atomic E-state index is 13.5. The van der Waals surface area contributed by atoms with Gasteiger partial charge in [0.15, 0.2) is 0 Å². The third kappa shape index (κ3) is 2.08. The van der Waals surface area contributed by atoms with Crippen molar-refractivity contribution < 1.29 is 17.9 Å². The van der Waals surface area contributed by atoms with Gasteiger partial charge in [-0.05, 0) is 31.9 Å². The molecule has 1 fully saturated rings. The summed E-state index contributed by atoms with van der Waals surface area (Å²) < 4.78 is 46.7. The molecular formula is C14H14ClF3N2O. The van der Waals surface area contributed by atoms with Crippen LogP contribution in [0.25, 0.3) is 11.0 Å². The van der Waals surface area contributed by atoms with Gasteiger partial charge in [0.1, 0.15) is 17.1 Å². The van der Waals surface area contributed by atoms with Crippen LogP contribution in [0.2, 0.25) is 0 Å². The van der Waals surface area contributed by atoms with Crippen LogP contribution >= 0.6 is 11.6 Å². The van der Waals surface area contributed by atoms with Gasteiger partial charge in [-0.25, -0.2) is 4.98 Å². The second-order valence-corrected chi connectivity index (χ2v) is 5.96. The minimum Gasteiger partial charge on any atom is -0.497 e. The molecule has 1 aliphatic rings. The molecule has 1 saturated carbocycles. The van der Waals surface area contributed by atoms with E-state index in [1.807, 2.05) is 0 Å². The highest BCUT2D eigenvalue weighted by atomic mass is 35.5. The standard InChI is InChI=1S/C14H14ClF3N2O/c1-8(15)12-19-10-7-9(21-2)3-4-11(10)20(12)13(5-6-13)14(16,17)18/h3-4,7-8H,5-6H2,1-2H3. The quantitative estimate of drug-likeness (QED) is 0.784. The SMILES string of the molecule is COc1ccc2c(c1)nc(C(C)Cl)n2C1(C(F)(F)F)CC1. The van der Waals surface area contributed by atoms with Crippen LogP contribution in [0.4, 0.5) is 13.2 Å². The van der Waals surface area contributed by atoms with Crippen LogP contribution in [0.15, 0.2) is 18.2 Å². The summed E-state index contributed by atoms with van der Waals surface area (Å²) in [4.78, 5) is 4.29. The van der Waals surface area contributed by atoms with Crippen LogP contribution in [-0.2, 0) is 5.54 Å². The Morgan fingerprint density at radius 2 is 2.05 bits per heavy atom. The van der Waals surface area contributed by atoms with E-state index in [-0.39, 0.29) is 18.7 Å². The van der Waals surface area contributed by atoms with Crippen LogP contribution in [0, 0.1) is 0 Å². The number of nitrogens with zero attached hydrogens (tertiary/aromatic N) is 2. The average molecular weight is 319 g/mol. The molecule has 2 aromatic rings. The van der Waals surface area contributed by atoms with Crippen molar-refractivity contribution in [3.63, 3.8) is 0 Å². The minimum absolute atomic E-state index is 0.0601. The van der Waals surface area contributed by atoms with Crippen molar-refractivity contribution in [3.05, 3.63) is 24.0 Å². The molecule has 0 saturated heterocycles. The van der Waals surface area contributed by atoms with Gasteiger partial charge in [-0.2, -0.15) is 13.2 Å². The van der Waals surface area contributed by atoms with Crippen molar-refractivity contribution in [2.45, 2.75) is 36.9 Å². The fourth-order valence-electron chi connectivity index (χ4n) is 2.67. The Balaban J connectivity index is 2.28. The Hall–Kier alpha value is -1.43. The number of imidazole rings is 1. The van der Waals surface area contributed by atoms with Crippen LogP contribution in [-0.4, -0.2) is 22.8 Å². The molecule has 114 valence electrons.